The van der Waals surface area contributed by atoms with Crippen molar-refractivity contribution in [3.63, 3.8) is 0 Å². The topological polar surface area (TPSA) is 76.4 Å². The van der Waals surface area contributed by atoms with Gasteiger partial charge in [-0.15, -0.1) is 0 Å². The number of carbonyl (C=O) groups excluding carboxylic acids is 1. The first kappa shape index (κ1) is 19.2. The molecule has 0 fully saturated rings. The molecule has 1 atom stereocenters. The summed E-state index contributed by atoms with van der Waals surface area (Å²) in [5.41, 5.74) is 3.86. The number of anilines is 1. The number of carbonyl (C=O) groups is 1. The molecule has 0 spiro atoms. The summed E-state index contributed by atoms with van der Waals surface area (Å²) in [6.45, 7) is 3.19. The summed E-state index contributed by atoms with van der Waals surface area (Å²) in [4.78, 5) is 12.3. The summed E-state index contributed by atoms with van der Waals surface area (Å²) >= 11 is 0. The minimum absolute atomic E-state index is 0.0516. The average molecular weight is 391 g/mol. The Labute approximate surface area is 170 Å². The van der Waals surface area contributed by atoms with E-state index in [1.165, 1.54) is 0 Å². The fraction of sp³-hybridized carbons (Fsp3) is 0.304. The number of hydrogen-bond donors (Lipinski definition) is 2. The molecule has 0 aliphatic carbocycles. The molecule has 0 bridgehead atoms. The molecule has 1 amide bonds. The number of amides is 1. The van der Waals surface area contributed by atoms with E-state index in [0.717, 1.165) is 28.7 Å². The second-order valence-corrected chi connectivity index (χ2v) is 7.29. The highest BCUT2D eigenvalue weighted by atomic mass is 16.5. The van der Waals surface area contributed by atoms with Crippen molar-refractivity contribution in [2.24, 2.45) is 0 Å². The largest absolute Gasteiger partial charge is 0.493 e. The highest BCUT2D eigenvalue weighted by molar-refractivity contribution is 5.94. The fourth-order valence-corrected chi connectivity index (χ4v) is 3.71. The van der Waals surface area contributed by atoms with Crippen LogP contribution >= 0.6 is 0 Å². The van der Waals surface area contributed by atoms with Gasteiger partial charge >= 0.3 is 0 Å². The van der Waals surface area contributed by atoms with Crippen molar-refractivity contribution in [2.45, 2.75) is 38.8 Å². The van der Waals surface area contributed by atoms with Gasteiger partial charge in [-0.05, 0) is 29.7 Å². The monoisotopic (exact) mass is 391 g/mol. The second kappa shape index (κ2) is 8.49. The number of hydrogen-bond acceptors (Lipinski definition) is 4. The van der Waals surface area contributed by atoms with Crippen LogP contribution < -0.4 is 10.1 Å². The molecule has 6 heteroatoms. The molecule has 1 aliphatic heterocycles. The van der Waals surface area contributed by atoms with Gasteiger partial charge in [-0.2, -0.15) is 5.10 Å². The van der Waals surface area contributed by atoms with E-state index in [-0.39, 0.29) is 18.4 Å². The Bertz CT molecular complexity index is 998. The van der Waals surface area contributed by atoms with Crippen LogP contribution in [0.25, 0.3) is 0 Å². The molecule has 4 rings (SSSR count). The molecule has 6 nitrogen and oxygen atoms in total. The summed E-state index contributed by atoms with van der Waals surface area (Å²) in [6, 6.07) is 15.9. The number of benzene rings is 2. The van der Waals surface area contributed by atoms with Crippen molar-refractivity contribution in [2.75, 3.05) is 11.9 Å². The van der Waals surface area contributed by atoms with Gasteiger partial charge in [-0.3, -0.25) is 9.48 Å². The minimum atomic E-state index is -0.105. The number of fused-ring (bicyclic) bond motifs is 1. The van der Waals surface area contributed by atoms with Crippen LogP contribution in [0.2, 0.25) is 0 Å². The molecule has 3 aromatic rings. The third-order valence-corrected chi connectivity index (χ3v) is 5.12. The van der Waals surface area contributed by atoms with Crippen LogP contribution in [0.5, 0.6) is 5.75 Å². The number of ether oxygens (including phenoxy) is 1. The summed E-state index contributed by atoms with van der Waals surface area (Å²) in [5.74, 6) is 1.15. The molecule has 2 aromatic carbocycles. The SMILES string of the molecule is CCCOc1ccc(C2CC(=O)Nc3nn(Cc4ccccc4)cc32)cc1CO. The number of aliphatic hydroxyl groups excluding tert-OH is 1. The first-order valence-corrected chi connectivity index (χ1v) is 9.95. The van der Waals surface area contributed by atoms with Crippen molar-refractivity contribution in [1.29, 1.82) is 0 Å². The van der Waals surface area contributed by atoms with E-state index < -0.39 is 0 Å². The van der Waals surface area contributed by atoms with Gasteiger partial charge in [0.25, 0.3) is 0 Å². The van der Waals surface area contributed by atoms with Gasteiger partial charge in [0.05, 0.1) is 19.8 Å². The van der Waals surface area contributed by atoms with Crippen LogP contribution in [0, 0.1) is 0 Å². The molecule has 1 aliphatic rings. The molecular weight excluding hydrogens is 366 g/mol. The third-order valence-electron chi connectivity index (χ3n) is 5.12. The van der Waals surface area contributed by atoms with E-state index >= 15 is 0 Å². The van der Waals surface area contributed by atoms with Crippen LogP contribution in [0.1, 0.15) is 47.9 Å². The summed E-state index contributed by atoms with van der Waals surface area (Å²) in [7, 11) is 0. The second-order valence-electron chi connectivity index (χ2n) is 7.29. The molecule has 1 unspecified atom stereocenters. The molecular formula is C23H25N3O3. The van der Waals surface area contributed by atoms with E-state index in [0.29, 0.717) is 31.1 Å². The first-order valence-electron chi connectivity index (χ1n) is 9.95. The molecule has 0 saturated heterocycles. The van der Waals surface area contributed by atoms with Gasteiger partial charge in [0.15, 0.2) is 5.82 Å². The lowest BCUT2D eigenvalue weighted by Crippen LogP contribution is -2.23. The van der Waals surface area contributed by atoms with Crippen molar-refractivity contribution >= 4 is 11.7 Å². The lowest BCUT2D eigenvalue weighted by atomic mass is 9.86. The van der Waals surface area contributed by atoms with E-state index in [1.807, 2.05) is 54.2 Å². The van der Waals surface area contributed by atoms with Gasteiger partial charge in [0, 0.05) is 29.7 Å². The Morgan fingerprint density at radius 1 is 1.24 bits per heavy atom. The Hall–Kier alpha value is -3.12. The van der Waals surface area contributed by atoms with Gasteiger partial charge < -0.3 is 15.2 Å². The lowest BCUT2D eigenvalue weighted by Gasteiger charge is -2.23. The molecule has 2 N–H and O–H groups in total. The average Bonchev–Trinajstić information content (AvgIpc) is 3.14. The highest BCUT2D eigenvalue weighted by Crippen LogP contribution is 2.38. The predicted molar refractivity (Wildman–Crippen MR) is 111 cm³/mol. The maximum absolute atomic E-state index is 12.3. The molecule has 2 heterocycles. The van der Waals surface area contributed by atoms with Crippen LogP contribution in [0.4, 0.5) is 5.82 Å². The minimum Gasteiger partial charge on any atom is -0.493 e. The summed E-state index contributed by atoms with van der Waals surface area (Å²) in [6.07, 6.45) is 3.26. The third kappa shape index (κ3) is 4.17. The van der Waals surface area contributed by atoms with Crippen LogP contribution in [0.15, 0.2) is 54.7 Å². The summed E-state index contributed by atoms with van der Waals surface area (Å²) < 4.78 is 7.59. The zero-order valence-electron chi connectivity index (χ0n) is 16.5. The van der Waals surface area contributed by atoms with Crippen molar-refractivity contribution in [3.8, 4) is 5.75 Å². The first-order chi connectivity index (χ1) is 14.2. The number of nitrogens with one attached hydrogen (secondary N) is 1. The van der Waals surface area contributed by atoms with Crippen molar-refractivity contribution < 1.29 is 14.6 Å². The lowest BCUT2D eigenvalue weighted by molar-refractivity contribution is -0.116. The maximum atomic E-state index is 12.3. The summed E-state index contributed by atoms with van der Waals surface area (Å²) in [5, 5.41) is 17.3. The Morgan fingerprint density at radius 2 is 2.07 bits per heavy atom. The van der Waals surface area contributed by atoms with Gasteiger partial charge in [-0.25, -0.2) is 0 Å². The molecule has 0 radical (unpaired) electrons. The number of rotatable bonds is 7. The quantitative estimate of drug-likeness (QED) is 0.644. The van der Waals surface area contributed by atoms with E-state index in [2.05, 4.69) is 22.5 Å². The van der Waals surface area contributed by atoms with E-state index in [4.69, 9.17) is 4.74 Å². The Balaban J connectivity index is 1.65. The van der Waals surface area contributed by atoms with Gasteiger partial charge in [-0.1, -0.05) is 43.3 Å². The number of aliphatic hydroxyl groups is 1. The zero-order chi connectivity index (χ0) is 20.2. The molecule has 150 valence electrons. The van der Waals surface area contributed by atoms with Crippen LogP contribution in [-0.2, 0) is 17.9 Å². The zero-order valence-corrected chi connectivity index (χ0v) is 16.5. The number of nitrogens with zero attached hydrogens (tertiary/aromatic N) is 2. The smallest absolute Gasteiger partial charge is 0.226 e. The van der Waals surface area contributed by atoms with Crippen LogP contribution in [0.3, 0.4) is 0 Å². The normalized spacial score (nSPS) is 15.7. The van der Waals surface area contributed by atoms with E-state index in [1.54, 1.807) is 0 Å². The molecule has 0 saturated carbocycles. The predicted octanol–water partition coefficient (Wildman–Crippen LogP) is 3.69. The fourth-order valence-electron chi connectivity index (χ4n) is 3.71. The molecule has 29 heavy (non-hydrogen) atoms. The van der Waals surface area contributed by atoms with Crippen LogP contribution in [-0.4, -0.2) is 27.4 Å². The van der Waals surface area contributed by atoms with Gasteiger partial charge in [0.1, 0.15) is 5.75 Å². The maximum Gasteiger partial charge on any atom is 0.226 e. The number of aromatic nitrogens is 2. The van der Waals surface area contributed by atoms with E-state index in [9.17, 15) is 9.90 Å². The standard InChI is InChI=1S/C23H25N3O3/c1-2-10-29-21-9-8-17(11-18(21)15-27)19-12-22(28)24-23-20(19)14-26(25-23)13-16-6-4-3-5-7-16/h3-9,11,14,19,27H,2,10,12-13,15H2,1H3,(H,24,25,28). The Morgan fingerprint density at radius 3 is 2.83 bits per heavy atom. The Kier molecular flexibility index (Phi) is 5.62. The van der Waals surface area contributed by atoms with Crippen molar-refractivity contribution in [3.05, 3.63) is 77.0 Å². The highest BCUT2D eigenvalue weighted by Gasteiger charge is 2.30. The van der Waals surface area contributed by atoms with Gasteiger partial charge in [0.2, 0.25) is 5.91 Å². The molecule has 1 aromatic heterocycles. The van der Waals surface area contributed by atoms with Crippen molar-refractivity contribution in [1.82, 2.24) is 9.78 Å².